The molecule has 1 amide bonds. The predicted octanol–water partition coefficient (Wildman–Crippen LogP) is 4.47. The lowest BCUT2D eigenvalue weighted by Gasteiger charge is -2.36. The zero-order valence-electron chi connectivity index (χ0n) is 15.0. The average molecular weight is 407 g/mol. The first-order valence-corrected chi connectivity index (χ1v) is 10.3. The monoisotopic (exact) mass is 406 g/mol. The van der Waals surface area contributed by atoms with Crippen molar-refractivity contribution in [3.63, 3.8) is 0 Å². The zero-order chi connectivity index (χ0) is 18.3. The number of piperazine rings is 1. The number of halogens is 1. The van der Waals surface area contributed by atoms with Gasteiger partial charge in [0.25, 0.3) is 5.91 Å². The predicted molar refractivity (Wildman–Crippen MR) is 113 cm³/mol. The van der Waals surface area contributed by atoms with E-state index >= 15 is 0 Å². The van der Waals surface area contributed by atoms with Crippen molar-refractivity contribution in [2.24, 2.45) is 0 Å². The number of amides is 1. The second kappa shape index (κ2) is 7.56. The van der Waals surface area contributed by atoms with Gasteiger partial charge in [0, 0.05) is 48.4 Å². The Labute approximate surface area is 167 Å². The van der Waals surface area contributed by atoms with E-state index in [2.05, 4.69) is 36.1 Å². The van der Waals surface area contributed by atoms with Crippen LogP contribution in [0.1, 0.15) is 21.5 Å². The number of rotatable bonds is 2. The van der Waals surface area contributed by atoms with Crippen LogP contribution in [0.2, 0.25) is 0 Å². The molecule has 0 spiro atoms. The van der Waals surface area contributed by atoms with Crippen molar-refractivity contribution in [1.82, 2.24) is 4.90 Å². The minimum atomic E-state index is -2.90. The van der Waals surface area contributed by atoms with E-state index in [0.717, 1.165) is 13.1 Å². The molecule has 2 N–H and O–H groups in total. The fourth-order valence-corrected chi connectivity index (χ4v) is 4.82. The first-order chi connectivity index (χ1) is 12.5. The van der Waals surface area contributed by atoms with Gasteiger partial charge in [-0.05, 0) is 42.8 Å². The van der Waals surface area contributed by atoms with Crippen molar-refractivity contribution in [1.29, 1.82) is 0 Å². The van der Waals surface area contributed by atoms with Gasteiger partial charge >= 0.3 is 0 Å². The second-order valence-electron chi connectivity index (χ2n) is 6.73. The lowest BCUT2D eigenvalue weighted by atomic mass is 10.1. The molecule has 0 unspecified atom stereocenters. The summed E-state index contributed by atoms with van der Waals surface area (Å²) in [6.07, 6.45) is 1.65. The fourth-order valence-electron chi connectivity index (χ4n) is 3.56. The van der Waals surface area contributed by atoms with E-state index in [4.69, 9.17) is 0 Å². The minimum absolute atomic E-state index is 0. The molecule has 0 radical (unpaired) electrons. The molecule has 0 aromatic heterocycles. The number of carbonyl (C=O) groups excluding carboxylic acids is 1. The number of aryl methyl sites for hydroxylation is 1. The minimum Gasteiger partial charge on any atom is -0.368 e. The first kappa shape index (κ1) is 19.8. The van der Waals surface area contributed by atoms with E-state index in [0.29, 0.717) is 29.1 Å². The maximum Gasteiger partial charge on any atom is 0.254 e. The number of hydrogen-bond acceptors (Lipinski definition) is 4. The summed E-state index contributed by atoms with van der Waals surface area (Å²) >= 11 is 0. The van der Waals surface area contributed by atoms with Gasteiger partial charge in [0.2, 0.25) is 0 Å². The number of fused-ring (bicyclic) bond motifs is 1. The zero-order valence-corrected chi connectivity index (χ0v) is 16.7. The van der Waals surface area contributed by atoms with E-state index < -0.39 is 10.6 Å². The highest BCUT2D eigenvalue weighted by molar-refractivity contribution is 8.27. The van der Waals surface area contributed by atoms with Crippen LogP contribution in [0, 0.1) is 6.92 Å². The Bertz CT molecular complexity index is 893. The van der Waals surface area contributed by atoms with E-state index in [1.54, 1.807) is 24.3 Å². The maximum atomic E-state index is 13.0. The normalized spacial score (nSPS) is 18.6. The van der Waals surface area contributed by atoms with Crippen molar-refractivity contribution in [2.45, 2.75) is 11.8 Å². The van der Waals surface area contributed by atoms with Gasteiger partial charge in [0.05, 0.1) is 4.90 Å². The lowest BCUT2D eigenvalue weighted by Crippen LogP contribution is -2.49. The number of benzene rings is 2. The molecule has 144 valence electrons. The molecule has 1 saturated heterocycles. The van der Waals surface area contributed by atoms with E-state index in [-0.39, 0.29) is 18.3 Å². The standard InChI is InChI=1S/C20H22N2O3S.ClH/c1-15-4-2-5-16(14-15)21-9-11-22(12-10-21)20(23)18-6-3-7-19-17(18)8-13-26(19,24)25;/h2-8,13-14,24-25H,9-12H2,1H3;1H. The van der Waals surface area contributed by atoms with Gasteiger partial charge in [-0.1, -0.05) is 18.2 Å². The third-order valence-corrected chi connectivity index (χ3v) is 6.50. The largest absolute Gasteiger partial charge is 0.368 e. The van der Waals surface area contributed by atoms with Crippen molar-refractivity contribution in [3.05, 3.63) is 64.6 Å². The molecule has 0 saturated carbocycles. The maximum absolute atomic E-state index is 13.0. The topological polar surface area (TPSA) is 64.0 Å². The first-order valence-electron chi connectivity index (χ1n) is 8.66. The molecule has 0 bridgehead atoms. The van der Waals surface area contributed by atoms with Crippen molar-refractivity contribution >= 4 is 40.7 Å². The SMILES string of the molecule is Cc1cccc(N2CCN(C(=O)c3cccc4c3C=CS4(O)O)CC2)c1.Cl. The van der Waals surface area contributed by atoms with Gasteiger partial charge in [-0.3, -0.25) is 13.9 Å². The van der Waals surface area contributed by atoms with Gasteiger partial charge in [-0.25, -0.2) is 0 Å². The number of carbonyl (C=O) groups is 1. The molecule has 5 nitrogen and oxygen atoms in total. The summed E-state index contributed by atoms with van der Waals surface area (Å²) in [5.41, 5.74) is 3.60. The van der Waals surface area contributed by atoms with Gasteiger partial charge in [-0.2, -0.15) is 0 Å². The van der Waals surface area contributed by atoms with Gasteiger partial charge in [0.15, 0.2) is 0 Å². The quantitative estimate of drug-likeness (QED) is 0.772. The molecular formula is C20H23ClN2O3S. The summed E-state index contributed by atoms with van der Waals surface area (Å²) in [6.45, 7) is 4.95. The van der Waals surface area contributed by atoms with Crippen molar-refractivity contribution in [3.8, 4) is 0 Å². The highest BCUT2D eigenvalue weighted by atomic mass is 35.5. The molecule has 2 aliphatic heterocycles. The third kappa shape index (κ3) is 3.71. The summed E-state index contributed by atoms with van der Waals surface area (Å²) in [4.78, 5) is 17.6. The molecule has 2 aromatic carbocycles. The molecule has 0 aliphatic carbocycles. The fraction of sp³-hybridized carbons (Fsp3) is 0.250. The van der Waals surface area contributed by atoms with E-state index in [9.17, 15) is 13.9 Å². The Balaban J connectivity index is 0.00000210. The van der Waals surface area contributed by atoms with E-state index in [1.165, 1.54) is 16.7 Å². The summed E-state index contributed by atoms with van der Waals surface area (Å²) in [6, 6.07) is 13.6. The Kier molecular flexibility index (Phi) is 5.53. The Hall–Kier alpha value is -1.99. The second-order valence-corrected chi connectivity index (χ2v) is 8.63. The van der Waals surface area contributed by atoms with Crippen LogP contribution >= 0.6 is 23.0 Å². The van der Waals surface area contributed by atoms with Crippen LogP contribution in [0.25, 0.3) is 6.08 Å². The van der Waals surface area contributed by atoms with Gasteiger partial charge in [0.1, 0.15) is 0 Å². The van der Waals surface area contributed by atoms with Crippen LogP contribution in [0.15, 0.2) is 52.8 Å². The molecule has 1 fully saturated rings. The average Bonchev–Trinajstić information content (AvgIpc) is 2.96. The van der Waals surface area contributed by atoms with Crippen LogP contribution in [0.3, 0.4) is 0 Å². The summed E-state index contributed by atoms with van der Waals surface area (Å²) in [7, 11) is -2.90. The van der Waals surface area contributed by atoms with Crippen LogP contribution in [0.4, 0.5) is 5.69 Å². The number of nitrogens with zero attached hydrogens (tertiary/aromatic N) is 2. The molecule has 2 heterocycles. The third-order valence-electron chi connectivity index (χ3n) is 4.98. The van der Waals surface area contributed by atoms with Crippen molar-refractivity contribution in [2.75, 3.05) is 31.1 Å². The summed E-state index contributed by atoms with van der Waals surface area (Å²) < 4.78 is 20.1. The molecular weight excluding hydrogens is 384 g/mol. The molecule has 2 aromatic rings. The highest BCUT2D eigenvalue weighted by Gasteiger charge is 2.29. The number of hydrogen-bond donors (Lipinski definition) is 2. The smallest absolute Gasteiger partial charge is 0.254 e. The van der Waals surface area contributed by atoms with Crippen molar-refractivity contribution < 1.29 is 13.9 Å². The van der Waals surface area contributed by atoms with Crippen LogP contribution < -0.4 is 4.90 Å². The highest BCUT2D eigenvalue weighted by Crippen LogP contribution is 2.56. The summed E-state index contributed by atoms with van der Waals surface area (Å²) in [5, 5.41) is 1.39. The lowest BCUT2D eigenvalue weighted by molar-refractivity contribution is 0.0746. The Morgan fingerprint density at radius 3 is 2.44 bits per heavy atom. The molecule has 0 atom stereocenters. The molecule has 27 heavy (non-hydrogen) atoms. The van der Waals surface area contributed by atoms with Gasteiger partial charge < -0.3 is 9.80 Å². The van der Waals surface area contributed by atoms with Crippen LogP contribution in [-0.2, 0) is 0 Å². The summed E-state index contributed by atoms with van der Waals surface area (Å²) in [5.74, 6) is -0.0486. The van der Waals surface area contributed by atoms with Crippen LogP contribution in [-0.4, -0.2) is 46.1 Å². The Morgan fingerprint density at radius 2 is 1.74 bits per heavy atom. The number of anilines is 1. The van der Waals surface area contributed by atoms with Crippen LogP contribution in [0.5, 0.6) is 0 Å². The molecule has 4 rings (SSSR count). The van der Waals surface area contributed by atoms with Gasteiger partial charge in [-0.15, -0.1) is 23.0 Å². The Morgan fingerprint density at radius 1 is 1.04 bits per heavy atom. The van der Waals surface area contributed by atoms with E-state index in [1.807, 2.05) is 4.90 Å². The molecule has 7 heteroatoms. The molecule has 2 aliphatic rings.